The van der Waals surface area contributed by atoms with E-state index >= 15 is 0 Å². The van der Waals surface area contributed by atoms with Gasteiger partial charge in [-0.1, -0.05) is 0 Å². The summed E-state index contributed by atoms with van der Waals surface area (Å²) in [6.45, 7) is 2.51. The Morgan fingerprint density at radius 3 is 2.83 bits per heavy atom. The van der Waals surface area contributed by atoms with Crippen LogP contribution in [-0.2, 0) is 12.7 Å². The smallest absolute Gasteiger partial charge is 0.318 e. The van der Waals surface area contributed by atoms with Gasteiger partial charge >= 0.3 is 6.18 Å². The Kier molecular flexibility index (Phi) is 4.29. The van der Waals surface area contributed by atoms with Gasteiger partial charge in [-0.2, -0.15) is 13.2 Å². The molecule has 6 heteroatoms. The number of rotatable bonds is 4. The molecule has 0 saturated carbocycles. The lowest BCUT2D eigenvalue weighted by Gasteiger charge is -2.23. The van der Waals surface area contributed by atoms with E-state index in [0.29, 0.717) is 12.6 Å². The maximum Gasteiger partial charge on any atom is 0.425 e. The van der Waals surface area contributed by atoms with Crippen LogP contribution in [0.4, 0.5) is 13.2 Å². The van der Waals surface area contributed by atoms with Crippen molar-refractivity contribution in [3.05, 3.63) is 21.9 Å². The van der Waals surface area contributed by atoms with Crippen molar-refractivity contribution in [3.8, 4) is 0 Å². The summed E-state index contributed by atoms with van der Waals surface area (Å²) in [5, 5.41) is 3.14. The first-order valence-electron chi connectivity index (χ1n) is 6.05. The fourth-order valence-corrected chi connectivity index (χ4v) is 3.29. The maximum absolute atomic E-state index is 12.5. The first-order chi connectivity index (χ1) is 8.50. The van der Waals surface area contributed by atoms with Crippen molar-refractivity contribution in [2.45, 2.75) is 31.6 Å². The standard InChI is InChI=1S/C12H17F3N2S/c1-16-7-9-3-2-6-17(9)8-10-4-5-11(18-10)12(13,14)15/h4-5,9,16H,2-3,6-8H2,1H3. The van der Waals surface area contributed by atoms with Crippen LogP contribution in [0.3, 0.4) is 0 Å². The molecule has 1 N–H and O–H groups in total. The predicted molar refractivity (Wildman–Crippen MR) is 66.7 cm³/mol. The molecule has 0 radical (unpaired) electrons. The zero-order valence-corrected chi connectivity index (χ0v) is 11.1. The number of thiophene rings is 1. The summed E-state index contributed by atoms with van der Waals surface area (Å²) in [5.74, 6) is 0. The Labute approximate surface area is 109 Å². The van der Waals surface area contributed by atoms with Crippen molar-refractivity contribution in [1.29, 1.82) is 0 Å². The molecule has 18 heavy (non-hydrogen) atoms. The molecule has 1 unspecified atom stereocenters. The first-order valence-corrected chi connectivity index (χ1v) is 6.87. The largest absolute Gasteiger partial charge is 0.425 e. The van der Waals surface area contributed by atoms with Crippen molar-refractivity contribution < 1.29 is 13.2 Å². The van der Waals surface area contributed by atoms with Gasteiger partial charge < -0.3 is 5.32 Å². The number of alkyl halides is 3. The third-order valence-electron chi connectivity index (χ3n) is 3.24. The molecule has 0 aliphatic carbocycles. The topological polar surface area (TPSA) is 15.3 Å². The number of halogens is 3. The van der Waals surface area contributed by atoms with E-state index < -0.39 is 11.1 Å². The predicted octanol–water partition coefficient (Wildman–Crippen LogP) is 2.95. The minimum absolute atomic E-state index is 0.450. The quantitative estimate of drug-likeness (QED) is 0.911. The lowest BCUT2D eigenvalue weighted by molar-refractivity contribution is -0.134. The molecule has 1 aliphatic heterocycles. The van der Waals surface area contributed by atoms with Gasteiger partial charge in [0, 0.05) is 24.0 Å². The van der Waals surface area contributed by atoms with E-state index in [1.165, 1.54) is 6.07 Å². The van der Waals surface area contributed by atoms with Crippen LogP contribution >= 0.6 is 11.3 Å². The van der Waals surface area contributed by atoms with Crippen molar-refractivity contribution in [1.82, 2.24) is 10.2 Å². The number of hydrogen-bond acceptors (Lipinski definition) is 3. The van der Waals surface area contributed by atoms with E-state index in [4.69, 9.17) is 0 Å². The van der Waals surface area contributed by atoms with Gasteiger partial charge in [-0.3, -0.25) is 4.90 Å². The van der Waals surface area contributed by atoms with Crippen molar-refractivity contribution >= 4 is 11.3 Å². The van der Waals surface area contributed by atoms with E-state index in [1.807, 2.05) is 7.05 Å². The summed E-state index contributed by atoms with van der Waals surface area (Å²) in [7, 11) is 1.91. The number of hydrogen-bond donors (Lipinski definition) is 1. The van der Waals surface area contributed by atoms with Gasteiger partial charge in [-0.15, -0.1) is 11.3 Å². The molecule has 0 spiro atoms. The molecular formula is C12H17F3N2S. The number of likely N-dealkylation sites (tertiary alicyclic amines) is 1. The van der Waals surface area contributed by atoms with Crippen LogP contribution in [0.5, 0.6) is 0 Å². The van der Waals surface area contributed by atoms with Gasteiger partial charge in [-0.25, -0.2) is 0 Å². The first kappa shape index (κ1) is 13.8. The lowest BCUT2D eigenvalue weighted by atomic mass is 10.2. The van der Waals surface area contributed by atoms with Crippen LogP contribution in [-0.4, -0.2) is 31.1 Å². The summed E-state index contributed by atoms with van der Waals surface area (Å²) < 4.78 is 37.5. The molecule has 2 heterocycles. The highest BCUT2D eigenvalue weighted by Gasteiger charge is 2.33. The Balaban J connectivity index is 1.99. The fraction of sp³-hybridized carbons (Fsp3) is 0.667. The Bertz CT molecular complexity index is 389. The van der Waals surface area contributed by atoms with Crippen molar-refractivity contribution in [2.75, 3.05) is 20.1 Å². The molecule has 1 fully saturated rings. The molecule has 1 saturated heterocycles. The van der Waals surface area contributed by atoms with E-state index in [0.717, 1.165) is 42.1 Å². The van der Waals surface area contributed by atoms with Gasteiger partial charge in [0.05, 0.1) is 0 Å². The molecule has 1 aliphatic rings. The molecule has 1 aromatic rings. The second-order valence-electron chi connectivity index (χ2n) is 4.59. The molecule has 1 atom stereocenters. The van der Waals surface area contributed by atoms with Gasteiger partial charge in [-0.05, 0) is 38.6 Å². The summed E-state index contributed by atoms with van der Waals surface area (Å²) in [6, 6.07) is 3.23. The van der Waals surface area contributed by atoms with Crippen molar-refractivity contribution in [2.24, 2.45) is 0 Å². The van der Waals surface area contributed by atoms with Gasteiger partial charge in [0.2, 0.25) is 0 Å². The summed E-state index contributed by atoms with van der Waals surface area (Å²) >= 11 is 0.860. The minimum atomic E-state index is -4.21. The van der Waals surface area contributed by atoms with Crippen LogP contribution < -0.4 is 5.32 Å². The van der Waals surface area contributed by atoms with Crippen LogP contribution in [0.25, 0.3) is 0 Å². The number of nitrogens with one attached hydrogen (secondary N) is 1. The molecule has 0 bridgehead atoms. The van der Waals surface area contributed by atoms with E-state index in [1.54, 1.807) is 6.07 Å². The van der Waals surface area contributed by atoms with Crippen LogP contribution in [0.1, 0.15) is 22.6 Å². The van der Waals surface area contributed by atoms with Crippen LogP contribution in [0.15, 0.2) is 12.1 Å². The third-order valence-corrected chi connectivity index (χ3v) is 4.35. The van der Waals surface area contributed by atoms with Gasteiger partial charge in [0.15, 0.2) is 0 Å². The fourth-order valence-electron chi connectivity index (χ4n) is 2.39. The van der Waals surface area contributed by atoms with E-state index in [9.17, 15) is 13.2 Å². The number of likely N-dealkylation sites (N-methyl/N-ethyl adjacent to an activating group) is 1. The third kappa shape index (κ3) is 3.24. The normalized spacial score (nSPS) is 21.7. The summed E-state index contributed by atoms with van der Waals surface area (Å²) in [6.07, 6.45) is -1.96. The molecule has 0 aromatic carbocycles. The highest BCUT2D eigenvalue weighted by Crippen LogP contribution is 2.35. The van der Waals surface area contributed by atoms with Gasteiger partial charge in [0.25, 0.3) is 0 Å². The average Bonchev–Trinajstić information content (AvgIpc) is 2.89. The molecular weight excluding hydrogens is 261 g/mol. The van der Waals surface area contributed by atoms with E-state index in [-0.39, 0.29) is 0 Å². The Morgan fingerprint density at radius 2 is 2.22 bits per heavy atom. The maximum atomic E-state index is 12.5. The minimum Gasteiger partial charge on any atom is -0.318 e. The van der Waals surface area contributed by atoms with Crippen molar-refractivity contribution in [3.63, 3.8) is 0 Å². The summed E-state index contributed by atoms with van der Waals surface area (Å²) in [5.41, 5.74) is 0. The van der Waals surface area contributed by atoms with E-state index in [2.05, 4.69) is 10.2 Å². The molecule has 0 amide bonds. The molecule has 2 nitrogen and oxygen atoms in total. The second kappa shape index (κ2) is 5.59. The highest BCUT2D eigenvalue weighted by molar-refractivity contribution is 7.12. The highest BCUT2D eigenvalue weighted by atomic mass is 32.1. The number of nitrogens with zero attached hydrogens (tertiary/aromatic N) is 1. The zero-order chi connectivity index (χ0) is 13.2. The monoisotopic (exact) mass is 278 g/mol. The Morgan fingerprint density at radius 1 is 1.44 bits per heavy atom. The zero-order valence-electron chi connectivity index (χ0n) is 10.3. The molecule has 1 aromatic heterocycles. The average molecular weight is 278 g/mol. The van der Waals surface area contributed by atoms with Gasteiger partial charge in [0.1, 0.15) is 4.88 Å². The molecule has 2 rings (SSSR count). The Hall–Kier alpha value is -0.590. The van der Waals surface area contributed by atoms with Crippen LogP contribution in [0.2, 0.25) is 0 Å². The SMILES string of the molecule is CNCC1CCCN1Cc1ccc(C(F)(F)F)s1. The van der Waals surface area contributed by atoms with Crippen LogP contribution in [0, 0.1) is 0 Å². The summed E-state index contributed by atoms with van der Waals surface area (Å²) in [4.78, 5) is 2.56. The second-order valence-corrected chi connectivity index (χ2v) is 5.76. The lowest BCUT2D eigenvalue weighted by Crippen LogP contribution is -2.36. The molecule has 102 valence electrons.